The maximum Gasteiger partial charge on any atom is 0.318 e. The Balaban J connectivity index is 1.79. The van der Waals surface area contributed by atoms with Gasteiger partial charge in [-0.05, 0) is 38.5 Å². The van der Waals surface area contributed by atoms with Crippen molar-refractivity contribution in [3.05, 3.63) is 23.5 Å². The molecule has 0 spiro atoms. The van der Waals surface area contributed by atoms with Crippen LogP contribution in [-0.2, 0) is 0 Å². The van der Waals surface area contributed by atoms with E-state index in [1.165, 1.54) is 6.07 Å². The van der Waals surface area contributed by atoms with E-state index >= 15 is 0 Å². The highest BCUT2D eigenvalue weighted by Crippen LogP contribution is 2.30. The van der Waals surface area contributed by atoms with Crippen molar-refractivity contribution in [3.8, 4) is 17.2 Å². The molecule has 1 aliphatic heterocycles. The van der Waals surface area contributed by atoms with Gasteiger partial charge >= 0.3 is 6.01 Å². The molecule has 0 unspecified atom stereocenters. The summed E-state index contributed by atoms with van der Waals surface area (Å²) in [7, 11) is 1.55. The number of benzene rings is 1. The molecular formula is C17H23FN4O2. The van der Waals surface area contributed by atoms with E-state index in [-0.39, 0.29) is 11.5 Å². The first-order valence-electron chi connectivity index (χ1n) is 8.16. The largest absolute Gasteiger partial charge is 0.496 e. The highest BCUT2D eigenvalue weighted by atomic mass is 19.1. The SMILES string of the molecule is COc1cc(-c2nnc(N3CCN(C(C)C)CC3)o2)c(F)cc1C. The first-order valence-corrected chi connectivity index (χ1v) is 8.16. The average Bonchev–Trinajstić information content (AvgIpc) is 3.05. The van der Waals surface area contributed by atoms with E-state index in [1.807, 2.05) is 4.90 Å². The fraction of sp³-hybridized carbons (Fsp3) is 0.529. The second-order valence-corrected chi connectivity index (χ2v) is 6.31. The van der Waals surface area contributed by atoms with E-state index in [2.05, 4.69) is 28.9 Å². The number of rotatable bonds is 4. The molecule has 0 radical (unpaired) electrons. The lowest BCUT2D eigenvalue weighted by atomic mass is 10.1. The second-order valence-electron chi connectivity index (χ2n) is 6.31. The van der Waals surface area contributed by atoms with Gasteiger partial charge in [0.25, 0.3) is 5.89 Å². The van der Waals surface area contributed by atoms with Crippen molar-refractivity contribution in [1.82, 2.24) is 15.1 Å². The number of methoxy groups -OCH3 is 1. The van der Waals surface area contributed by atoms with Crippen LogP contribution in [0.5, 0.6) is 5.75 Å². The first-order chi connectivity index (χ1) is 11.5. The number of nitrogens with zero attached hydrogens (tertiary/aromatic N) is 4. The maximum absolute atomic E-state index is 14.2. The van der Waals surface area contributed by atoms with E-state index in [9.17, 15) is 4.39 Å². The Morgan fingerprint density at radius 2 is 1.88 bits per heavy atom. The highest BCUT2D eigenvalue weighted by molar-refractivity contribution is 5.59. The summed E-state index contributed by atoms with van der Waals surface area (Å²) in [4.78, 5) is 4.44. The summed E-state index contributed by atoms with van der Waals surface area (Å²) in [6.45, 7) is 9.70. The lowest BCUT2D eigenvalue weighted by Gasteiger charge is -2.35. The standard InChI is InChI=1S/C17H23FN4O2/c1-11(2)21-5-7-22(8-6-21)17-20-19-16(24-17)13-10-15(23-4)12(3)9-14(13)18/h9-11H,5-8H2,1-4H3. The number of anilines is 1. The predicted molar refractivity (Wildman–Crippen MR) is 89.9 cm³/mol. The molecule has 0 amide bonds. The molecule has 1 aromatic carbocycles. The van der Waals surface area contributed by atoms with Crippen LogP contribution in [0.2, 0.25) is 0 Å². The van der Waals surface area contributed by atoms with Gasteiger partial charge < -0.3 is 14.1 Å². The van der Waals surface area contributed by atoms with Crippen LogP contribution < -0.4 is 9.64 Å². The Kier molecular flexibility index (Phi) is 4.71. The molecule has 24 heavy (non-hydrogen) atoms. The van der Waals surface area contributed by atoms with Crippen molar-refractivity contribution in [1.29, 1.82) is 0 Å². The monoisotopic (exact) mass is 334 g/mol. The molecule has 0 N–H and O–H groups in total. The molecule has 0 saturated carbocycles. The van der Waals surface area contributed by atoms with Gasteiger partial charge in [-0.2, -0.15) is 0 Å². The van der Waals surface area contributed by atoms with Gasteiger partial charge in [-0.3, -0.25) is 4.90 Å². The van der Waals surface area contributed by atoms with Crippen LogP contribution in [0.4, 0.5) is 10.4 Å². The molecule has 6 nitrogen and oxygen atoms in total. The summed E-state index contributed by atoms with van der Waals surface area (Å²) in [5.74, 6) is 0.372. The molecule has 2 heterocycles. The summed E-state index contributed by atoms with van der Waals surface area (Å²) >= 11 is 0. The number of piperazine rings is 1. The average molecular weight is 334 g/mol. The minimum Gasteiger partial charge on any atom is -0.496 e. The molecule has 0 aliphatic carbocycles. The molecule has 0 atom stereocenters. The van der Waals surface area contributed by atoms with Gasteiger partial charge in [0.15, 0.2) is 0 Å². The Labute approximate surface area is 141 Å². The smallest absolute Gasteiger partial charge is 0.318 e. The van der Waals surface area contributed by atoms with Gasteiger partial charge in [-0.15, -0.1) is 5.10 Å². The Bertz CT molecular complexity index is 709. The molecule has 2 aromatic rings. The molecule has 1 fully saturated rings. The summed E-state index contributed by atoms with van der Waals surface area (Å²) in [6.07, 6.45) is 0. The molecule has 0 bridgehead atoms. The molecule has 1 aromatic heterocycles. The fourth-order valence-corrected chi connectivity index (χ4v) is 2.92. The number of aromatic nitrogens is 2. The summed E-state index contributed by atoms with van der Waals surface area (Å²) in [5, 5.41) is 8.10. The summed E-state index contributed by atoms with van der Waals surface area (Å²) in [6, 6.07) is 3.98. The van der Waals surface area contributed by atoms with Crippen LogP contribution in [0.15, 0.2) is 16.5 Å². The minimum absolute atomic E-state index is 0.173. The lowest BCUT2D eigenvalue weighted by molar-refractivity contribution is 0.206. The van der Waals surface area contributed by atoms with Gasteiger partial charge in [0, 0.05) is 32.2 Å². The molecule has 130 valence electrons. The summed E-state index contributed by atoms with van der Waals surface area (Å²) < 4.78 is 25.2. The van der Waals surface area contributed by atoms with Crippen LogP contribution in [0, 0.1) is 12.7 Å². The van der Waals surface area contributed by atoms with E-state index < -0.39 is 5.82 Å². The molecule has 1 saturated heterocycles. The van der Waals surface area contributed by atoms with Crippen LogP contribution >= 0.6 is 0 Å². The van der Waals surface area contributed by atoms with Gasteiger partial charge in [0.2, 0.25) is 0 Å². The van der Waals surface area contributed by atoms with Crippen molar-refractivity contribution >= 4 is 6.01 Å². The van der Waals surface area contributed by atoms with E-state index in [4.69, 9.17) is 9.15 Å². The highest BCUT2D eigenvalue weighted by Gasteiger charge is 2.24. The molecule has 1 aliphatic rings. The summed E-state index contributed by atoms with van der Waals surface area (Å²) in [5.41, 5.74) is 0.986. The third kappa shape index (κ3) is 3.21. The Hall–Kier alpha value is -2.15. The molecular weight excluding hydrogens is 311 g/mol. The first kappa shape index (κ1) is 16.7. The van der Waals surface area contributed by atoms with Gasteiger partial charge in [0.1, 0.15) is 11.6 Å². The van der Waals surface area contributed by atoms with Crippen molar-refractivity contribution in [2.75, 3.05) is 38.2 Å². The normalized spacial score (nSPS) is 16.0. The zero-order valence-corrected chi connectivity index (χ0v) is 14.5. The van der Waals surface area contributed by atoms with Crippen molar-refractivity contribution in [2.45, 2.75) is 26.8 Å². The number of halogens is 1. The van der Waals surface area contributed by atoms with Crippen LogP contribution in [0.3, 0.4) is 0 Å². The van der Waals surface area contributed by atoms with Gasteiger partial charge in [-0.25, -0.2) is 4.39 Å². The van der Waals surface area contributed by atoms with Crippen LogP contribution in [0.1, 0.15) is 19.4 Å². The van der Waals surface area contributed by atoms with Crippen LogP contribution in [-0.4, -0.2) is 54.4 Å². The van der Waals surface area contributed by atoms with Crippen molar-refractivity contribution in [3.63, 3.8) is 0 Å². The fourth-order valence-electron chi connectivity index (χ4n) is 2.92. The van der Waals surface area contributed by atoms with Crippen LogP contribution in [0.25, 0.3) is 11.5 Å². The van der Waals surface area contributed by atoms with Crippen molar-refractivity contribution in [2.24, 2.45) is 0 Å². The third-order valence-electron chi connectivity index (χ3n) is 4.44. The Morgan fingerprint density at radius 3 is 2.50 bits per heavy atom. The van der Waals surface area contributed by atoms with Gasteiger partial charge in [0.05, 0.1) is 12.7 Å². The Morgan fingerprint density at radius 1 is 1.17 bits per heavy atom. The minimum atomic E-state index is -0.395. The number of ether oxygens (including phenoxy) is 1. The predicted octanol–water partition coefficient (Wildman–Crippen LogP) is 2.72. The lowest BCUT2D eigenvalue weighted by Crippen LogP contribution is -2.49. The van der Waals surface area contributed by atoms with E-state index in [0.717, 1.165) is 31.7 Å². The van der Waals surface area contributed by atoms with E-state index in [1.54, 1.807) is 20.1 Å². The van der Waals surface area contributed by atoms with E-state index in [0.29, 0.717) is 17.8 Å². The topological polar surface area (TPSA) is 54.6 Å². The number of hydrogen-bond donors (Lipinski definition) is 0. The van der Waals surface area contributed by atoms with Gasteiger partial charge in [-0.1, -0.05) is 5.10 Å². The zero-order chi connectivity index (χ0) is 17.3. The third-order valence-corrected chi connectivity index (χ3v) is 4.44. The second kappa shape index (κ2) is 6.76. The number of aryl methyl sites for hydroxylation is 1. The molecule has 3 rings (SSSR count). The number of hydrogen-bond acceptors (Lipinski definition) is 6. The quantitative estimate of drug-likeness (QED) is 0.857. The maximum atomic E-state index is 14.2. The zero-order valence-electron chi connectivity index (χ0n) is 14.5. The molecule has 7 heteroatoms. The van der Waals surface area contributed by atoms with Crippen molar-refractivity contribution < 1.29 is 13.5 Å².